The number of rotatable bonds is 6. The smallest absolute Gasteiger partial charge is 0.239 e. The van der Waals surface area contributed by atoms with Gasteiger partial charge in [-0.2, -0.15) is 0 Å². The van der Waals surface area contributed by atoms with Crippen molar-refractivity contribution in [1.82, 2.24) is 15.5 Å². The molecule has 0 aliphatic carbocycles. The van der Waals surface area contributed by atoms with E-state index >= 15 is 0 Å². The standard InChI is InChI=1S/C20H30N4O2/c1-15(2)16-3-5-17(6-4-16)24-11-7-18(20(24)26)19(25)22-10-14-23-12-8-21-9-13-23/h3-6,15,18,21H,7-14H2,1-2H3,(H,22,25). The molecule has 6 nitrogen and oxygen atoms in total. The van der Waals surface area contributed by atoms with E-state index in [4.69, 9.17) is 0 Å². The van der Waals surface area contributed by atoms with Crippen LogP contribution < -0.4 is 15.5 Å². The van der Waals surface area contributed by atoms with Gasteiger partial charge in [0.2, 0.25) is 11.8 Å². The molecule has 1 unspecified atom stereocenters. The van der Waals surface area contributed by atoms with Crippen molar-refractivity contribution in [2.45, 2.75) is 26.2 Å². The molecule has 2 amide bonds. The number of anilines is 1. The summed E-state index contributed by atoms with van der Waals surface area (Å²) >= 11 is 0. The van der Waals surface area contributed by atoms with Crippen molar-refractivity contribution in [1.29, 1.82) is 0 Å². The van der Waals surface area contributed by atoms with Crippen molar-refractivity contribution in [2.24, 2.45) is 5.92 Å². The van der Waals surface area contributed by atoms with Crippen molar-refractivity contribution >= 4 is 17.5 Å². The van der Waals surface area contributed by atoms with Gasteiger partial charge in [0, 0.05) is 51.5 Å². The number of carbonyl (C=O) groups is 2. The minimum Gasteiger partial charge on any atom is -0.354 e. The summed E-state index contributed by atoms with van der Waals surface area (Å²) in [6.07, 6.45) is 0.588. The Balaban J connectivity index is 1.50. The van der Waals surface area contributed by atoms with Crippen LogP contribution in [-0.4, -0.2) is 62.5 Å². The number of nitrogens with one attached hydrogen (secondary N) is 2. The first-order valence-electron chi connectivity index (χ1n) is 9.68. The minimum atomic E-state index is -0.553. The number of amides is 2. The summed E-state index contributed by atoms with van der Waals surface area (Å²) in [6, 6.07) is 8.10. The van der Waals surface area contributed by atoms with E-state index in [9.17, 15) is 9.59 Å². The molecule has 2 aliphatic rings. The number of carbonyl (C=O) groups excluding carboxylic acids is 2. The van der Waals surface area contributed by atoms with Gasteiger partial charge in [-0.25, -0.2) is 0 Å². The SMILES string of the molecule is CC(C)c1ccc(N2CCC(C(=O)NCCN3CCNCC3)C2=O)cc1. The first kappa shape index (κ1) is 18.9. The number of piperazine rings is 1. The Morgan fingerprint density at radius 2 is 1.88 bits per heavy atom. The lowest BCUT2D eigenvalue weighted by atomic mass is 10.0. The first-order chi connectivity index (χ1) is 12.6. The van der Waals surface area contributed by atoms with Crippen LogP contribution in [0.1, 0.15) is 31.7 Å². The maximum absolute atomic E-state index is 12.7. The normalized spacial score (nSPS) is 21.4. The fraction of sp³-hybridized carbons (Fsp3) is 0.600. The molecule has 26 heavy (non-hydrogen) atoms. The lowest BCUT2D eigenvalue weighted by Crippen LogP contribution is -2.47. The van der Waals surface area contributed by atoms with Crippen LogP contribution in [0.25, 0.3) is 0 Å². The third-order valence-electron chi connectivity index (χ3n) is 5.33. The Morgan fingerprint density at radius 1 is 1.19 bits per heavy atom. The van der Waals surface area contributed by atoms with Crippen LogP contribution in [0.2, 0.25) is 0 Å². The Hall–Kier alpha value is -1.92. The average Bonchev–Trinajstić information content (AvgIpc) is 3.04. The highest BCUT2D eigenvalue weighted by atomic mass is 16.2. The quantitative estimate of drug-likeness (QED) is 0.750. The summed E-state index contributed by atoms with van der Waals surface area (Å²) in [5.41, 5.74) is 2.14. The van der Waals surface area contributed by atoms with Crippen molar-refractivity contribution in [2.75, 3.05) is 50.7 Å². The van der Waals surface area contributed by atoms with Gasteiger partial charge >= 0.3 is 0 Å². The molecule has 0 spiro atoms. The summed E-state index contributed by atoms with van der Waals surface area (Å²) in [5, 5.41) is 6.27. The van der Waals surface area contributed by atoms with Crippen LogP contribution in [0.5, 0.6) is 0 Å². The van der Waals surface area contributed by atoms with E-state index < -0.39 is 5.92 Å². The lowest BCUT2D eigenvalue weighted by molar-refractivity contribution is -0.132. The fourth-order valence-electron chi connectivity index (χ4n) is 3.61. The molecule has 2 aliphatic heterocycles. The van der Waals surface area contributed by atoms with Crippen molar-refractivity contribution < 1.29 is 9.59 Å². The molecule has 0 bridgehead atoms. The second kappa shape index (κ2) is 8.64. The summed E-state index contributed by atoms with van der Waals surface area (Å²) in [4.78, 5) is 29.2. The van der Waals surface area contributed by atoms with Crippen LogP contribution in [0, 0.1) is 5.92 Å². The van der Waals surface area contributed by atoms with Crippen molar-refractivity contribution in [3.63, 3.8) is 0 Å². The highest BCUT2D eigenvalue weighted by Crippen LogP contribution is 2.27. The van der Waals surface area contributed by atoms with E-state index in [2.05, 4.69) is 41.5 Å². The zero-order chi connectivity index (χ0) is 18.5. The Kier molecular flexibility index (Phi) is 6.27. The Labute approximate surface area is 155 Å². The number of hydrogen-bond acceptors (Lipinski definition) is 4. The minimum absolute atomic E-state index is 0.0815. The molecule has 1 aromatic rings. The largest absolute Gasteiger partial charge is 0.354 e. The monoisotopic (exact) mass is 358 g/mol. The Morgan fingerprint density at radius 3 is 2.54 bits per heavy atom. The van der Waals surface area contributed by atoms with Gasteiger partial charge in [-0.3, -0.25) is 14.5 Å². The maximum atomic E-state index is 12.7. The van der Waals surface area contributed by atoms with Gasteiger partial charge in [0.05, 0.1) is 0 Å². The van der Waals surface area contributed by atoms with E-state index in [1.165, 1.54) is 5.56 Å². The maximum Gasteiger partial charge on any atom is 0.239 e. The average molecular weight is 358 g/mol. The molecule has 0 saturated carbocycles. The van der Waals surface area contributed by atoms with Gasteiger partial charge in [-0.05, 0) is 30.0 Å². The van der Waals surface area contributed by atoms with Crippen molar-refractivity contribution in [3.8, 4) is 0 Å². The third kappa shape index (κ3) is 4.43. The highest BCUT2D eigenvalue weighted by Gasteiger charge is 2.37. The predicted molar refractivity (Wildman–Crippen MR) is 103 cm³/mol. The van der Waals surface area contributed by atoms with Crippen molar-refractivity contribution in [3.05, 3.63) is 29.8 Å². The summed E-state index contributed by atoms with van der Waals surface area (Å²) in [5.74, 6) is -0.302. The molecule has 6 heteroatoms. The van der Waals surface area contributed by atoms with Crippen LogP contribution in [0.15, 0.2) is 24.3 Å². The second-order valence-corrected chi connectivity index (χ2v) is 7.46. The number of benzene rings is 1. The van der Waals surface area contributed by atoms with Crippen LogP contribution in [0.4, 0.5) is 5.69 Å². The van der Waals surface area contributed by atoms with Crippen LogP contribution >= 0.6 is 0 Å². The molecule has 1 aromatic carbocycles. The molecular weight excluding hydrogens is 328 g/mol. The van der Waals surface area contributed by atoms with Gasteiger partial charge in [-0.1, -0.05) is 26.0 Å². The number of nitrogens with zero attached hydrogens (tertiary/aromatic N) is 2. The zero-order valence-corrected chi connectivity index (χ0v) is 15.8. The van der Waals surface area contributed by atoms with E-state index in [1.54, 1.807) is 4.90 Å². The first-order valence-corrected chi connectivity index (χ1v) is 9.68. The summed E-state index contributed by atoms with van der Waals surface area (Å²) in [7, 11) is 0. The van der Waals surface area contributed by atoms with Gasteiger partial charge in [-0.15, -0.1) is 0 Å². The molecule has 3 rings (SSSR count). The third-order valence-corrected chi connectivity index (χ3v) is 5.33. The van der Waals surface area contributed by atoms with E-state index in [1.807, 2.05) is 12.1 Å². The van der Waals surface area contributed by atoms with Gasteiger partial charge < -0.3 is 15.5 Å². The molecular formula is C20H30N4O2. The lowest BCUT2D eigenvalue weighted by Gasteiger charge is -2.27. The molecule has 0 aromatic heterocycles. The van der Waals surface area contributed by atoms with Gasteiger partial charge in [0.25, 0.3) is 0 Å². The molecule has 2 fully saturated rings. The second-order valence-electron chi connectivity index (χ2n) is 7.46. The molecule has 2 saturated heterocycles. The number of hydrogen-bond donors (Lipinski definition) is 2. The molecule has 2 heterocycles. The summed E-state index contributed by atoms with van der Waals surface area (Å²) in [6.45, 7) is 10.4. The zero-order valence-electron chi connectivity index (χ0n) is 15.8. The molecule has 1 atom stereocenters. The Bertz CT molecular complexity index is 623. The molecule has 2 N–H and O–H groups in total. The fourth-order valence-corrected chi connectivity index (χ4v) is 3.61. The van der Waals surface area contributed by atoms with Crippen LogP contribution in [-0.2, 0) is 9.59 Å². The van der Waals surface area contributed by atoms with E-state index in [0.29, 0.717) is 25.4 Å². The highest BCUT2D eigenvalue weighted by molar-refractivity contribution is 6.09. The van der Waals surface area contributed by atoms with Gasteiger partial charge in [0.1, 0.15) is 5.92 Å². The molecule has 0 radical (unpaired) electrons. The van der Waals surface area contributed by atoms with E-state index in [-0.39, 0.29) is 11.8 Å². The van der Waals surface area contributed by atoms with Crippen LogP contribution in [0.3, 0.4) is 0 Å². The van der Waals surface area contributed by atoms with E-state index in [0.717, 1.165) is 38.4 Å². The van der Waals surface area contributed by atoms with Gasteiger partial charge in [0.15, 0.2) is 0 Å². The topological polar surface area (TPSA) is 64.7 Å². The summed E-state index contributed by atoms with van der Waals surface area (Å²) < 4.78 is 0. The predicted octanol–water partition coefficient (Wildman–Crippen LogP) is 1.18. The molecule has 142 valence electrons.